The van der Waals surface area contributed by atoms with Crippen LogP contribution in [0.4, 0.5) is 23.2 Å². The lowest BCUT2D eigenvalue weighted by molar-refractivity contribution is -0.180. The van der Waals surface area contributed by atoms with E-state index in [1.807, 2.05) is 44.2 Å². The number of benzene rings is 3. The van der Waals surface area contributed by atoms with Crippen LogP contribution >= 0.6 is 0 Å². The fraction of sp³-hybridized carbons (Fsp3) is 0.537. The monoisotopic (exact) mass is 1170 g/mol. The minimum absolute atomic E-state index is 0.0493. The average molecular weight is 1170 g/mol. The van der Waals surface area contributed by atoms with Gasteiger partial charge < -0.3 is 67.7 Å². The first kappa shape index (κ1) is 67.7. The molecule has 1 aliphatic heterocycles. The number of nitrogens with zero attached hydrogens (tertiary/aromatic N) is 3. The van der Waals surface area contributed by atoms with Crippen molar-refractivity contribution in [2.75, 3.05) is 145 Å². The predicted molar refractivity (Wildman–Crippen MR) is 284 cm³/mol. The van der Waals surface area contributed by atoms with Gasteiger partial charge in [0.05, 0.1) is 162 Å². The van der Waals surface area contributed by atoms with E-state index in [-0.39, 0.29) is 76.7 Å². The maximum Gasteiger partial charge on any atom is 0.313 e. The van der Waals surface area contributed by atoms with Gasteiger partial charge in [0.1, 0.15) is 10.7 Å². The molecule has 3 aromatic carbocycles. The Morgan fingerprint density at radius 2 is 1.17 bits per heavy atom. The third-order valence-electron chi connectivity index (χ3n) is 11.1. The lowest BCUT2D eigenvalue weighted by Gasteiger charge is -2.21. The summed E-state index contributed by atoms with van der Waals surface area (Å²) in [6.07, 6.45) is 2.33. The van der Waals surface area contributed by atoms with Crippen LogP contribution in [0.2, 0.25) is 0 Å². The molecule has 2 amide bonds. The number of nitriles is 1. The number of amides is 2. The summed E-state index contributed by atoms with van der Waals surface area (Å²) >= 11 is -3.36. The number of nitrogens with one attached hydrogen (secondary N) is 1. The zero-order chi connectivity index (χ0) is 58.6. The highest BCUT2D eigenvalue weighted by atomic mass is 32.2. The highest BCUT2D eigenvalue weighted by Crippen LogP contribution is 2.34. The standard InChI is InChI=1S/C54H71F4N5O17S/c1-3-11-63(79-4-2)54(66)41-33-40-7-6-39(34-44(40)62-45(60)35-41)43-8-5-38(32-42(43)36-59)37-61-46(64)9-12-69-14-16-71-18-20-73-22-24-75-26-28-77-30-31-78-29-27-76-25-23-74-21-19-72-17-15-70-13-10-47(65)80-52-48(55)50(57)53(81(67)68)51(58)49(52)56/h5-8,32-34H,3-4,9-31,35,37H2,1-2H3,(H2,60,62)(H,61,64)(H,67,68). The molecule has 0 radical (unpaired) electrons. The molecule has 448 valence electrons. The predicted octanol–water partition coefficient (Wildman–Crippen LogP) is 5.50. The molecule has 1 unspecified atom stereocenters. The summed E-state index contributed by atoms with van der Waals surface area (Å²) < 4.78 is 134. The maximum atomic E-state index is 14.0. The second-order valence-electron chi connectivity index (χ2n) is 17.1. The van der Waals surface area contributed by atoms with Crippen molar-refractivity contribution in [2.24, 2.45) is 10.7 Å². The smallest absolute Gasteiger partial charge is 0.313 e. The van der Waals surface area contributed by atoms with Crippen LogP contribution in [-0.4, -0.2) is 183 Å². The van der Waals surface area contributed by atoms with Crippen molar-refractivity contribution in [2.45, 2.75) is 51.0 Å². The van der Waals surface area contributed by atoms with Crippen LogP contribution < -0.4 is 15.8 Å². The number of hydrogen-bond donors (Lipinski definition) is 3. The molecule has 3 aromatic rings. The van der Waals surface area contributed by atoms with Gasteiger partial charge >= 0.3 is 5.97 Å². The van der Waals surface area contributed by atoms with Crippen LogP contribution in [0.5, 0.6) is 5.75 Å². The van der Waals surface area contributed by atoms with Gasteiger partial charge in [-0.3, -0.25) is 19.2 Å². The minimum atomic E-state index is -3.36. The summed E-state index contributed by atoms with van der Waals surface area (Å²) in [6.45, 7) is 10.7. The number of halogens is 4. The number of ether oxygens (including phenoxy) is 11. The summed E-state index contributed by atoms with van der Waals surface area (Å²) in [5, 5.41) is 14.2. The van der Waals surface area contributed by atoms with Crippen LogP contribution in [0.25, 0.3) is 17.2 Å². The highest BCUT2D eigenvalue weighted by molar-refractivity contribution is 7.79. The van der Waals surface area contributed by atoms with Crippen LogP contribution in [0, 0.1) is 34.6 Å². The van der Waals surface area contributed by atoms with E-state index in [2.05, 4.69) is 21.1 Å². The van der Waals surface area contributed by atoms with Gasteiger partial charge in [-0.05, 0) is 48.2 Å². The van der Waals surface area contributed by atoms with Gasteiger partial charge in [-0.15, -0.1) is 0 Å². The van der Waals surface area contributed by atoms with Gasteiger partial charge in [0.2, 0.25) is 23.3 Å². The third-order valence-corrected chi connectivity index (χ3v) is 11.8. The van der Waals surface area contributed by atoms with Gasteiger partial charge in [-0.2, -0.15) is 14.0 Å². The number of carbonyl (C=O) groups is 3. The Morgan fingerprint density at radius 1 is 0.691 bits per heavy atom. The van der Waals surface area contributed by atoms with E-state index in [4.69, 9.17) is 62.5 Å². The molecule has 0 saturated heterocycles. The van der Waals surface area contributed by atoms with Crippen molar-refractivity contribution in [3.63, 3.8) is 0 Å². The molecule has 0 saturated carbocycles. The zero-order valence-electron chi connectivity index (χ0n) is 45.5. The van der Waals surface area contributed by atoms with Crippen LogP contribution in [0.1, 0.15) is 56.2 Å². The van der Waals surface area contributed by atoms with E-state index in [0.717, 1.165) is 23.1 Å². The van der Waals surface area contributed by atoms with Crippen LogP contribution in [0.3, 0.4) is 0 Å². The Kier molecular flexibility index (Phi) is 33.1. The number of nitrogens with two attached hydrogens (primary N) is 1. The largest absolute Gasteiger partial charge is 0.420 e. The number of carbonyl (C=O) groups excluding carboxylic acids is 3. The molecular weight excluding hydrogens is 1100 g/mol. The number of hydroxylamine groups is 2. The van der Waals surface area contributed by atoms with Crippen molar-refractivity contribution in [1.29, 1.82) is 5.26 Å². The second-order valence-corrected chi connectivity index (χ2v) is 18.0. The fourth-order valence-corrected chi connectivity index (χ4v) is 7.66. The molecular formula is C54H71F4N5O17S. The number of amidine groups is 1. The number of aliphatic imine (C=N–C) groups is 1. The average Bonchev–Trinajstić information content (AvgIpc) is 3.63. The Bertz CT molecular complexity index is 2540. The molecule has 27 heteroatoms. The van der Waals surface area contributed by atoms with Gasteiger partial charge in [-0.25, -0.2) is 23.0 Å². The van der Waals surface area contributed by atoms with Crippen LogP contribution in [-0.2, 0) is 84.2 Å². The lowest BCUT2D eigenvalue weighted by Crippen LogP contribution is -2.34. The summed E-state index contributed by atoms with van der Waals surface area (Å²) in [5.41, 5.74) is 10.7. The Morgan fingerprint density at radius 3 is 1.63 bits per heavy atom. The summed E-state index contributed by atoms with van der Waals surface area (Å²) in [6, 6.07) is 13.2. The highest BCUT2D eigenvalue weighted by Gasteiger charge is 2.31. The van der Waals surface area contributed by atoms with Gasteiger partial charge in [0.15, 0.2) is 22.7 Å². The Hall–Kier alpha value is -5.84. The number of hydrogen-bond acceptors (Lipinski definition) is 19. The summed E-state index contributed by atoms with van der Waals surface area (Å²) in [4.78, 5) is 46.0. The topological polar surface area (TPSA) is 277 Å². The van der Waals surface area contributed by atoms with E-state index in [1.165, 1.54) is 5.06 Å². The van der Waals surface area contributed by atoms with Crippen molar-refractivity contribution in [1.82, 2.24) is 10.4 Å². The van der Waals surface area contributed by atoms with Gasteiger partial charge in [-0.1, -0.05) is 31.2 Å². The quantitative estimate of drug-likeness (QED) is 0.0120. The summed E-state index contributed by atoms with van der Waals surface area (Å²) in [7, 11) is 0. The molecule has 0 spiro atoms. The van der Waals surface area contributed by atoms with Gasteiger partial charge in [0.25, 0.3) is 5.91 Å². The Balaban J connectivity index is 0.880. The number of rotatable bonds is 43. The number of fused-ring (bicyclic) bond motifs is 1. The molecule has 1 atom stereocenters. The fourth-order valence-electron chi connectivity index (χ4n) is 7.17. The van der Waals surface area contributed by atoms with Crippen molar-refractivity contribution >= 4 is 46.5 Å². The number of esters is 1. The van der Waals surface area contributed by atoms with Crippen LogP contribution in [0.15, 0.2) is 51.9 Å². The van der Waals surface area contributed by atoms with E-state index >= 15 is 0 Å². The SMILES string of the molecule is CCCN(OCC)C(=O)C1=Cc2ccc(-c3ccc(CNC(=O)CCOCCOCCOCCOCCOCCOCCOCCOCCOCCOCCC(=O)Oc4c(F)c(F)c(S(=O)O)c(F)c4F)cc3C#N)cc2N=C(N)C1. The van der Waals surface area contributed by atoms with E-state index in [9.17, 15) is 41.4 Å². The second kappa shape index (κ2) is 39.6. The molecule has 0 aliphatic carbocycles. The molecule has 4 rings (SSSR count). The van der Waals surface area contributed by atoms with Gasteiger partial charge in [0, 0.05) is 37.1 Å². The first-order valence-electron chi connectivity index (χ1n) is 26.2. The zero-order valence-corrected chi connectivity index (χ0v) is 46.3. The van der Waals surface area contributed by atoms with E-state index in [0.29, 0.717) is 128 Å². The molecule has 22 nitrogen and oxygen atoms in total. The molecule has 0 aromatic heterocycles. The summed E-state index contributed by atoms with van der Waals surface area (Å²) in [5.74, 6) is -11.7. The maximum absolute atomic E-state index is 14.0. The lowest BCUT2D eigenvalue weighted by atomic mass is 9.96. The normalized spacial score (nSPS) is 12.5. The van der Waals surface area contributed by atoms with Crippen molar-refractivity contribution in [3.8, 4) is 22.9 Å². The first-order chi connectivity index (χ1) is 39.3. The van der Waals surface area contributed by atoms with Crippen molar-refractivity contribution < 1.29 is 97.7 Å². The molecule has 0 bridgehead atoms. The molecule has 4 N–H and O–H groups in total. The third kappa shape index (κ3) is 25.0. The first-order valence-corrected chi connectivity index (χ1v) is 27.3. The molecule has 81 heavy (non-hydrogen) atoms. The van der Waals surface area contributed by atoms with E-state index < -0.39 is 57.4 Å². The molecule has 1 aliphatic rings. The van der Waals surface area contributed by atoms with E-state index in [1.54, 1.807) is 12.1 Å². The molecule has 0 fully saturated rings. The Labute approximate surface area is 470 Å². The molecule has 1 heterocycles. The van der Waals surface area contributed by atoms with Crippen molar-refractivity contribution in [3.05, 3.63) is 81.9 Å². The minimum Gasteiger partial charge on any atom is -0.420 e.